The molecule has 0 atom stereocenters. The first-order valence-electron chi connectivity index (χ1n) is 8.10. The van der Waals surface area contributed by atoms with Gasteiger partial charge < -0.3 is 14.5 Å². The molecule has 0 radical (unpaired) electrons. The second-order valence-corrected chi connectivity index (χ2v) is 5.58. The number of carbonyl (C=O) groups is 1. The lowest BCUT2D eigenvalue weighted by Gasteiger charge is -2.36. The van der Waals surface area contributed by atoms with Gasteiger partial charge in [0.25, 0.3) is 5.91 Å². The van der Waals surface area contributed by atoms with Crippen molar-refractivity contribution >= 4 is 11.6 Å². The number of anilines is 1. The molecule has 2 aromatic carbocycles. The van der Waals surface area contributed by atoms with Gasteiger partial charge in [-0.25, -0.2) is 0 Å². The number of ether oxygens (including phenoxy) is 1. The lowest BCUT2D eigenvalue weighted by molar-refractivity contribution is 0.0746. The number of amides is 1. The molecule has 0 spiro atoms. The van der Waals surface area contributed by atoms with E-state index in [0.717, 1.165) is 31.9 Å². The molecule has 23 heavy (non-hydrogen) atoms. The van der Waals surface area contributed by atoms with E-state index >= 15 is 0 Å². The van der Waals surface area contributed by atoms with Crippen LogP contribution in [0.2, 0.25) is 0 Å². The van der Waals surface area contributed by atoms with E-state index in [-0.39, 0.29) is 5.91 Å². The van der Waals surface area contributed by atoms with Gasteiger partial charge in [0.1, 0.15) is 5.75 Å². The number of nitrogens with zero attached hydrogens (tertiary/aromatic N) is 2. The van der Waals surface area contributed by atoms with Crippen LogP contribution in [0.15, 0.2) is 54.6 Å². The summed E-state index contributed by atoms with van der Waals surface area (Å²) in [6.45, 7) is 5.76. The van der Waals surface area contributed by atoms with E-state index in [0.29, 0.717) is 12.2 Å². The molecule has 4 heteroatoms. The highest BCUT2D eigenvalue weighted by molar-refractivity contribution is 5.94. The molecule has 0 saturated carbocycles. The zero-order valence-corrected chi connectivity index (χ0v) is 13.4. The summed E-state index contributed by atoms with van der Waals surface area (Å²) in [6.07, 6.45) is 0. The minimum atomic E-state index is 0.0827. The van der Waals surface area contributed by atoms with Crippen molar-refractivity contribution in [3.05, 3.63) is 60.2 Å². The third-order valence-corrected chi connectivity index (χ3v) is 4.08. The maximum Gasteiger partial charge on any atom is 0.254 e. The second kappa shape index (κ2) is 7.18. The van der Waals surface area contributed by atoms with E-state index in [1.54, 1.807) is 0 Å². The first-order valence-corrected chi connectivity index (χ1v) is 8.10. The molecule has 120 valence electrons. The van der Waals surface area contributed by atoms with Crippen LogP contribution in [0.3, 0.4) is 0 Å². The lowest BCUT2D eigenvalue weighted by Crippen LogP contribution is -2.48. The standard InChI is InChI=1S/C19H22N2O2/c1-2-23-18-10-6-7-16(15-18)19(22)21-13-11-20(12-14-21)17-8-4-3-5-9-17/h3-10,15H,2,11-14H2,1H3. The maximum atomic E-state index is 12.7. The fourth-order valence-corrected chi connectivity index (χ4v) is 2.87. The molecule has 0 unspecified atom stereocenters. The molecule has 1 saturated heterocycles. The molecule has 0 aromatic heterocycles. The van der Waals surface area contributed by atoms with Gasteiger partial charge in [0.05, 0.1) is 6.61 Å². The SMILES string of the molecule is CCOc1cccc(C(=O)N2CCN(c3ccccc3)CC2)c1. The summed E-state index contributed by atoms with van der Waals surface area (Å²) in [7, 11) is 0. The number of benzene rings is 2. The van der Waals surface area contributed by atoms with E-state index in [2.05, 4.69) is 17.0 Å². The van der Waals surface area contributed by atoms with Gasteiger partial charge >= 0.3 is 0 Å². The predicted octanol–water partition coefficient (Wildman–Crippen LogP) is 3.05. The molecule has 1 fully saturated rings. The summed E-state index contributed by atoms with van der Waals surface area (Å²) in [4.78, 5) is 16.9. The zero-order chi connectivity index (χ0) is 16.1. The van der Waals surface area contributed by atoms with Crippen molar-refractivity contribution < 1.29 is 9.53 Å². The quantitative estimate of drug-likeness (QED) is 0.870. The minimum absolute atomic E-state index is 0.0827. The second-order valence-electron chi connectivity index (χ2n) is 5.58. The van der Waals surface area contributed by atoms with Crippen LogP contribution >= 0.6 is 0 Å². The molecule has 0 bridgehead atoms. The monoisotopic (exact) mass is 310 g/mol. The Morgan fingerprint density at radius 3 is 2.43 bits per heavy atom. The number of piperazine rings is 1. The summed E-state index contributed by atoms with van der Waals surface area (Å²) in [5, 5.41) is 0. The van der Waals surface area contributed by atoms with Gasteiger partial charge in [0.2, 0.25) is 0 Å². The summed E-state index contributed by atoms with van der Waals surface area (Å²) in [6, 6.07) is 17.8. The molecule has 2 aromatic rings. The normalized spacial score (nSPS) is 14.7. The molecular formula is C19H22N2O2. The largest absolute Gasteiger partial charge is 0.494 e. The number of carbonyl (C=O) groups excluding carboxylic acids is 1. The van der Waals surface area contributed by atoms with Crippen molar-refractivity contribution in [2.24, 2.45) is 0 Å². The Morgan fingerprint density at radius 1 is 1.00 bits per heavy atom. The van der Waals surface area contributed by atoms with E-state index in [1.165, 1.54) is 5.69 Å². The van der Waals surface area contributed by atoms with E-state index in [1.807, 2.05) is 54.3 Å². The van der Waals surface area contributed by atoms with E-state index in [4.69, 9.17) is 4.74 Å². The molecule has 1 aliphatic heterocycles. The van der Waals surface area contributed by atoms with Crippen LogP contribution in [0.4, 0.5) is 5.69 Å². The van der Waals surface area contributed by atoms with Crippen molar-refractivity contribution in [3.63, 3.8) is 0 Å². The number of rotatable bonds is 4. The molecule has 1 heterocycles. The maximum absolute atomic E-state index is 12.7. The number of hydrogen-bond donors (Lipinski definition) is 0. The van der Waals surface area contributed by atoms with Gasteiger partial charge in [-0.15, -0.1) is 0 Å². The van der Waals surface area contributed by atoms with E-state index in [9.17, 15) is 4.79 Å². The topological polar surface area (TPSA) is 32.8 Å². The Bertz CT molecular complexity index is 649. The van der Waals surface area contributed by atoms with Crippen molar-refractivity contribution in [2.45, 2.75) is 6.92 Å². The minimum Gasteiger partial charge on any atom is -0.494 e. The van der Waals surface area contributed by atoms with Crippen LogP contribution in [0.1, 0.15) is 17.3 Å². The van der Waals surface area contributed by atoms with Crippen LogP contribution in [0.5, 0.6) is 5.75 Å². The first kappa shape index (κ1) is 15.4. The van der Waals surface area contributed by atoms with Crippen molar-refractivity contribution in [1.82, 2.24) is 4.90 Å². The average Bonchev–Trinajstić information content (AvgIpc) is 2.62. The summed E-state index contributed by atoms with van der Waals surface area (Å²) in [5.41, 5.74) is 1.92. The van der Waals surface area contributed by atoms with Crippen LogP contribution in [-0.4, -0.2) is 43.6 Å². The summed E-state index contributed by atoms with van der Waals surface area (Å²) < 4.78 is 5.48. The van der Waals surface area contributed by atoms with Crippen LogP contribution in [0, 0.1) is 0 Å². The molecule has 0 aliphatic carbocycles. The van der Waals surface area contributed by atoms with Crippen LogP contribution < -0.4 is 9.64 Å². The highest BCUT2D eigenvalue weighted by atomic mass is 16.5. The van der Waals surface area contributed by atoms with E-state index < -0.39 is 0 Å². The van der Waals surface area contributed by atoms with Gasteiger partial charge in [-0.3, -0.25) is 4.79 Å². The smallest absolute Gasteiger partial charge is 0.254 e. The molecule has 3 rings (SSSR count). The third-order valence-electron chi connectivity index (χ3n) is 4.08. The Balaban J connectivity index is 1.63. The highest BCUT2D eigenvalue weighted by Crippen LogP contribution is 2.18. The fraction of sp³-hybridized carbons (Fsp3) is 0.316. The average molecular weight is 310 g/mol. The molecule has 4 nitrogen and oxygen atoms in total. The van der Waals surface area contributed by atoms with Crippen LogP contribution in [-0.2, 0) is 0 Å². The summed E-state index contributed by atoms with van der Waals surface area (Å²) in [5.74, 6) is 0.834. The Morgan fingerprint density at radius 2 is 1.74 bits per heavy atom. The highest BCUT2D eigenvalue weighted by Gasteiger charge is 2.22. The molecule has 1 amide bonds. The Labute approximate surface area is 137 Å². The predicted molar refractivity (Wildman–Crippen MR) is 92.2 cm³/mol. The summed E-state index contributed by atoms with van der Waals surface area (Å²) >= 11 is 0. The van der Waals surface area contributed by atoms with Crippen LogP contribution in [0.25, 0.3) is 0 Å². The van der Waals surface area contributed by atoms with Gasteiger partial charge in [-0.1, -0.05) is 24.3 Å². The Hall–Kier alpha value is -2.49. The first-order chi connectivity index (χ1) is 11.3. The molecular weight excluding hydrogens is 288 g/mol. The lowest BCUT2D eigenvalue weighted by atomic mass is 10.1. The third kappa shape index (κ3) is 3.65. The van der Waals surface area contributed by atoms with Gasteiger partial charge in [-0.05, 0) is 37.3 Å². The molecule has 0 N–H and O–H groups in total. The Kier molecular flexibility index (Phi) is 4.81. The molecule has 1 aliphatic rings. The van der Waals surface area contributed by atoms with Crippen molar-refractivity contribution in [3.8, 4) is 5.75 Å². The van der Waals surface area contributed by atoms with Crippen molar-refractivity contribution in [2.75, 3.05) is 37.7 Å². The van der Waals surface area contributed by atoms with Crippen molar-refractivity contribution in [1.29, 1.82) is 0 Å². The fourth-order valence-electron chi connectivity index (χ4n) is 2.87. The number of hydrogen-bond acceptors (Lipinski definition) is 3. The van der Waals surface area contributed by atoms with Gasteiger partial charge in [0.15, 0.2) is 0 Å². The van der Waals surface area contributed by atoms with Gasteiger partial charge in [0, 0.05) is 37.4 Å². The zero-order valence-electron chi connectivity index (χ0n) is 13.4. The van der Waals surface area contributed by atoms with Gasteiger partial charge in [-0.2, -0.15) is 0 Å². The number of para-hydroxylation sites is 1.